The van der Waals surface area contributed by atoms with Crippen LogP contribution in [-0.4, -0.2) is 52.5 Å². The van der Waals surface area contributed by atoms with Crippen molar-refractivity contribution in [3.8, 4) is 11.1 Å². The molecule has 3 aromatic rings. The van der Waals surface area contributed by atoms with Gasteiger partial charge in [-0.1, -0.05) is 56.3 Å². The van der Waals surface area contributed by atoms with Gasteiger partial charge in [0.15, 0.2) is 0 Å². The van der Waals surface area contributed by atoms with E-state index in [1.807, 2.05) is 52.8 Å². The van der Waals surface area contributed by atoms with Crippen molar-refractivity contribution in [3.63, 3.8) is 0 Å². The Morgan fingerprint density at radius 2 is 1.65 bits per heavy atom. The summed E-state index contributed by atoms with van der Waals surface area (Å²) in [4.78, 5) is 35.3. The van der Waals surface area contributed by atoms with Crippen molar-refractivity contribution in [1.29, 1.82) is 0 Å². The zero-order chi connectivity index (χ0) is 26.5. The third-order valence-electron chi connectivity index (χ3n) is 6.49. The first-order valence-electron chi connectivity index (χ1n) is 12.3. The van der Waals surface area contributed by atoms with E-state index in [1.54, 1.807) is 44.2 Å². The Bertz CT molecular complexity index is 1270. The van der Waals surface area contributed by atoms with Gasteiger partial charge >= 0.3 is 0 Å². The number of rotatable bonds is 8. The van der Waals surface area contributed by atoms with Crippen LogP contribution in [0, 0.1) is 5.82 Å². The second-order valence-corrected chi connectivity index (χ2v) is 10.7. The highest BCUT2D eigenvalue weighted by atomic mass is 32.2. The first-order valence-corrected chi connectivity index (χ1v) is 13.4. The molecule has 0 saturated heterocycles. The van der Waals surface area contributed by atoms with Crippen molar-refractivity contribution in [2.24, 2.45) is 0 Å². The Labute approximate surface area is 222 Å². The zero-order valence-corrected chi connectivity index (χ0v) is 22.4. The van der Waals surface area contributed by atoms with Gasteiger partial charge < -0.3 is 9.80 Å². The molecule has 1 aliphatic rings. The van der Waals surface area contributed by atoms with Crippen LogP contribution in [0.5, 0.6) is 0 Å². The summed E-state index contributed by atoms with van der Waals surface area (Å²) in [6.45, 7) is 4.57. The maximum Gasteiger partial charge on any atom is 0.240 e. The molecule has 4 rings (SSSR count). The molecule has 2 heterocycles. The molecule has 2 amide bonds. The molecule has 0 bridgehead atoms. The van der Waals surface area contributed by atoms with E-state index >= 15 is 0 Å². The second kappa shape index (κ2) is 11.7. The molecule has 1 aliphatic heterocycles. The molecule has 2 aromatic carbocycles. The molecular formula is C30H32FN3O2S. The summed E-state index contributed by atoms with van der Waals surface area (Å²) in [5.41, 5.74) is 4.34. The summed E-state index contributed by atoms with van der Waals surface area (Å²) in [5, 5.41) is 2.01. The molecule has 0 spiro atoms. The van der Waals surface area contributed by atoms with Crippen LogP contribution in [0.15, 0.2) is 78.3 Å². The lowest BCUT2D eigenvalue weighted by Gasteiger charge is -2.32. The van der Waals surface area contributed by atoms with Crippen molar-refractivity contribution in [3.05, 3.63) is 101 Å². The first-order chi connectivity index (χ1) is 17.7. The van der Waals surface area contributed by atoms with Crippen molar-refractivity contribution < 1.29 is 14.0 Å². The van der Waals surface area contributed by atoms with Gasteiger partial charge in [0.2, 0.25) is 11.8 Å². The van der Waals surface area contributed by atoms with Gasteiger partial charge in [-0.05, 0) is 57.8 Å². The Kier molecular flexibility index (Phi) is 8.44. The predicted octanol–water partition coefficient (Wildman–Crippen LogP) is 5.84. The molecule has 192 valence electrons. The minimum atomic E-state index is -0.970. The van der Waals surface area contributed by atoms with E-state index in [-0.39, 0.29) is 29.6 Å². The van der Waals surface area contributed by atoms with Gasteiger partial charge in [-0.15, -0.1) is 11.8 Å². The van der Waals surface area contributed by atoms with Crippen LogP contribution in [0.1, 0.15) is 42.5 Å². The molecule has 7 heteroatoms. The number of hydrogen-bond acceptors (Lipinski definition) is 4. The van der Waals surface area contributed by atoms with Crippen LogP contribution < -0.4 is 0 Å². The summed E-state index contributed by atoms with van der Waals surface area (Å²) < 4.78 is 13.4. The van der Waals surface area contributed by atoms with E-state index in [1.165, 1.54) is 17.0 Å². The van der Waals surface area contributed by atoms with E-state index in [4.69, 9.17) is 0 Å². The molecule has 0 radical (unpaired) electrons. The number of halogens is 1. The SMILES string of the molecule is CC(C)c1cc(CN(C(=O)C(C(=O)N(C)C)c2ccc(-c3ccc(F)cc3)cc2)C2C=CSC2)ccn1. The summed E-state index contributed by atoms with van der Waals surface area (Å²) >= 11 is 1.66. The lowest BCUT2D eigenvalue weighted by atomic mass is 9.93. The fourth-order valence-electron chi connectivity index (χ4n) is 4.34. The number of thioether (sulfide) groups is 1. The zero-order valence-electron chi connectivity index (χ0n) is 21.6. The molecule has 0 fully saturated rings. The normalized spacial score (nSPS) is 15.6. The Hall–Kier alpha value is -3.45. The average molecular weight is 518 g/mol. The second-order valence-electron chi connectivity index (χ2n) is 9.73. The van der Waals surface area contributed by atoms with Gasteiger partial charge in [-0.2, -0.15) is 0 Å². The molecule has 2 atom stereocenters. The average Bonchev–Trinajstić information content (AvgIpc) is 3.43. The van der Waals surface area contributed by atoms with Crippen LogP contribution in [-0.2, 0) is 16.1 Å². The molecule has 2 unspecified atom stereocenters. The smallest absolute Gasteiger partial charge is 0.240 e. The van der Waals surface area contributed by atoms with Gasteiger partial charge in [-0.25, -0.2) is 4.39 Å². The number of carbonyl (C=O) groups is 2. The number of nitrogens with zero attached hydrogens (tertiary/aromatic N) is 3. The molecule has 0 aliphatic carbocycles. The monoisotopic (exact) mass is 517 g/mol. The van der Waals surface area contributed by atoms with Crippen LogP contribution in [0.25, 0.3) is 11.1 Å². The molecule has 5 nitrogen and oxygen atoms in total. The van der Waals surface area contributed by atoms with E-state index in [0.29, 0.717) is 12.1 Å². The van der Waals surface area contributed by atoms with Crippen LogP contribution in [0.2, 0.25) is 0 Å². The Morgan fingerprint density at radius 3 is 2.22 bits per heavy atom. The molecule has 37 heavy (non-hydrogen) atoms. The summed E-state index contributed by atoms with van der Waals surface area (Å²) in [7, 11) is 3.34. The standard InChI is InChI=1S/C30H32FN3O2S/c1-20(2)27-17-21(13-15-32-27)18-34(26-14-16-37-19-26)30(36)28(29(35)33(3)4)24-7-5-22(6-8-24)23-9-11-25(31)12-10-23/h5-17,20,26,28H,18-19H2,1-4H3. The van der Waals surface area contributed by atoms with Crippen molar-refractivity contribution in [1.82, 2.24) is 14.8 Å². The Balaban J connectivity index is 1.68. The lowest BCUT2D eigenvalue weighted by molar-refractivity contribution is -0.143. The van der Waals surface area contributed by atoms with Crippen molar-refractivity contribution in [2.45, 2.75) is 38.3 Å². The third kappa shape index (κ3) is 6.28. The number of carbonyl (C=O) groups excluding carboxylic acids is 2. The fourth-order valence-corrected chi connectivity index (χ4v) is 5.23. The van der Waals surface area contributed by atoms with Gasteiger partial charge in [0, 0.05) is 38.3 Å². The summed E-state index contributed by atoms with van der Waals surface area (Å²) in [6.07, 6.45) is 3.81. The van der Waals surface area contributed by atoms with Crippen molar-refractivity contribution >= 4 is 23.6 Å². The van der Waals surface area contributed by atoms with Gasteiger partial charge in [0.25, 0.3) is 0 Å². The van der Waals surface area contributed by atoms with E-state index in [2.05, 4.69) is 18.8 Å². The number of benzene rings is 2. The number of pyridine rings is 1. The predicted molar refractivity (Wildman–Crippen MR) is 148 cm³/mol. The summed E-state index contributed by atoms with van der Waals surface area (Å²) in [5.74, 6) is -0.738. The van der Waals surface area contributed by atoms with Crippen LogP contribution in [0.3, 0.4) is 0 Å². The highest BCUT2D eigenvalue weighted by molar-refractivity contribution is 8.02. The summed E-state index contributed by atoms with van der Waals surface area (Å²) in [6, 6.07) is 17.5. The van der Waals surface area contributed by atoms with Crippen molar-refractivity contribution in [2.75, 3.05) is 19.8 Å². The fraction of sp³-hybridized carbons (Fsp3) is 0.300. The number of amides is 2. The Morgan fingerprint density at radius 1 is 1.00 bits per heavy atom. The molecule has 0 saturated carbocycles. The minimum Gasteiger partial charge on any atom is -0.348 e. The molecule has 0 N–H and O–H groups in total. The topological polar surface area (TPSA) is 53.5 Å². The number of hydrogen-bond donors (Lipinski definition) is 0. The highest BCUT2D eigenvalue weighted by Crippen LogP contribution is 2.30. The maximum atomic E-state index is 14.2. The van der Waals surface area contributed by atoms with E-state index in [0.717, 1.165) is 28.1 Å². The first kappa shape index (κ1) is 26.6. The van der Waals surface area contributed by atoms with Gasteiger partial charge in [0.05, 0.1) is 6.04 Å². The lowest BCUT2D eigenvalue weighted by Crippen LogP contribution is -2.46. The maximum absolute atomic E-state index is 14.2. The molecular weight excluding hydrogens is 485 g/mol. The van der Waals surface area contributed by atoms with E-state index < -0.39 is 5.92 Å². The van der Waals surface area contributed by atoms with Crippen LogP contribution in [0.4, 0.5) is 4.39 Å². The third-order valence-corrected chi connectivity index (χ3v) is 7.38. The largest absolute Gasteiger partial charge is 0.348 e. The molecule has 1 aromatic heterocycles. The van der Waals surface area contributed by atoms with E-state index in [9.17, 15) is 14.0 Å². The van der Waals surface area contributed by atoms with Crippen LogP contribution >= 0.6 is 11.8 Å². The highest BCUT2D eigenvalue weighted by Gasteiger charge is 2.36. The van der Waals surface area contributed by atoms with Gasteiger partial charge in [0.1, 0.15) is 11.7 Å². The van der Waals surface area contributed by atoms with Gasteiger partial charge in [-0.3, -0.25) is 14.6 Å². The quantitative estimate of drug-likeness (QED) is 0.352. The number of aromatic nitrogens is 1. The number of likely N-dealkylation sites (N-methyl/N-ethyl adjacent to an activating group) is 1. The minimum absolute atomic E-state index is 0.107.